The summed E-state index contributed by atoms with van der Waals surface area (Å²) in [6.07, 6.45) is 0.190. The molecule has 216 valence electrons. The average molecular weight is 606 g/mol. The number of carboxylic acids is 1. The number of halogens is 2. The number of ether oxygens (including phenoxy) is 1. The molecule has 0 fully saturated rings. The van der Waals surface area contributed by atoms with Gasteiger partial charge in [0.05, 0.1) is 13.5 Å². The average Bonchev–Trinajstić information content (AvgIpc) is 3.00. The Bertz CT molecular complexity index is 1590. The molecule has 0 atom stereocenters. The second kappa shape index (κ2) is 14.5. The number of hydrogen-bond acceptors (Lipinski definition) is 4. The molecule has 0 bridgehead atoms. The molecule has 0 aliphatic carbocycles. The maximum atomic E-state index is 13.9. The van der Waals surface area contributed by atoms with E-state index >= 15 is 0 Å². The molecule has 0 heterocycles. The van der Waals surface area contributed by atoms with Gasteiger partial charge in [-0.25, -0.2) is 0 Å². The van der Waals surface area contributed by atoms with Gasteiger partial charge < -0.3 is 20.1 Å². The summed E-state index contributed by atoms with van der Waals surface area (Å²) in [4.78, 5) is 40.2. The van der Waals surface area contributed by atoms with Crippen LogP contribution in [-0.2, 0) is 17.8 Å². The van der Waals surface area contributed by atoms with Crippen molar-refractivity contribution in [3.63, 3.8) is 0 Å². The van der Waals surface area contributed by atoms with Gasteiger partial charge in [0.25, 0.3) is 11.8 Å². The lowest BCUT2D eigenvalue weighted by atomic mass is 9.94. The van der Waals surface area contributed by atoms with Gasteiger partial charge >= 0.3 is 5.97 Å². The maximum Gasteiger partial charge on any atom is 0.305 e. The molecule has 2 N–H and O–H groups in total. The summed E-state index contributed by atoms with van der Waals surface area (Å²) >= 11 is 12.4. The molecule has 2 amide bonds. The molecule has 4 aromatic rings. The molecule has 42 heavy (non-hydrogen) atoms. The van der Waals surface area contributed by atoms with Gasteiger partial charge in [0, 0.05) is 46.4 Å². The van der Waals surface area contributed by atoms with E-state index in [1.807, 2.05) is 24.3 Å². The maximum absolute atomic E-state index is 13.9. The van der Waals surface area contributed by atoms with Crippen LogP contribution in [0.3, 0.4) is 0 Å². The van der Waals surface area contributed by atoms with Gasteiger partial charge in [-0.1, -0.05) is 83.9 Å². The Morgan fingerprint density at radius 1 is 0.810 bits per heavy atom. The first-order valence-electron chi connectivity index (χ1n) is 13.3. The molecular weight excluding hydrogens is 575 g/mol. The van der Waals surface area contributed by atoms with Crippen LogP contribution in [0.15, 0.2) is 91.0 Å². The molecule has 9 heteroatoms. The van der Waals surface area contributed by atoms with Crippen LogP contribution < -0.4 is 10.1 Å². The van der Waals surface area contributed by atoms with Gasteiger partial charge in [-0.3, -0.25) is 14.4 Å². The Kier molecular flexibility index (Phi) is 10.6. The number of nitrogens with zero attached hydrogens (tertiary/aromatic N) is 1. The number of para-hydroxylation sites is 1. The highest BCUT2D eigenvalue weighted by Crippen LogP contribution is 2.29. The summed E-state index contributed by atoms with van der Waals surface area (Å²) in [5, 5.41) is 13.3. The predicted octanol–water partition coefficient (Wildman–Crippen LogP) is 6.76. The highest BCUT2D eigenvalue weighted by atomic mass is 35.5. The zero-order chi connectivity index (χ0) is 30.1. The fourth-order valence-corrected chi connectivity index (χ4v) is 5.14. The zero-order valence-electron chi connectivity index (χ0n) is 23.0. The normalized spacial score (nSPS) is 10.6. The lowest BCUT2D eigenvalue weighted by molar-refractivity contribution is -0.137. The van der Waals surface area contributed by atoms with Crippen LogP contribution in [0.25, 0.3) is 11.1 Å². The Hall–Kier alpha value is -4.33. The van der Waals surface area contributed by atoms with Crippen molar-refractivity contribution in [1.29, 1.82) is 0 Å². The molecule has 4 aromatic carbocycles. The van der Waals surface area contributed by atoms with E-state index in [0.717, 1.165) is 11.1 Å². The van der Waals surface area contributed by atoms with Gasteiger partial charge in [0.15, 0.2) is 0 Å². The minimum absolute atomic E-state index is 0.00868. The van der Waals surface area contributed by atoms with Crippen LogP contribution >= 0.6 is 23.2 Å². The number of benzene rings is 4. The van der Waals surface area contributed by atoms with Crippen molar-refractivity contribution in [2.24, 2.45) is 0 Å². The minimum atomic E-state index is -1.01. The molecule has 0 saturated heterocycles. The molecule has 7 nitrogen and oxygen atoms in total. The molecule has 0 saturated carbocycles. The van der Waals surface area contributed by atoms with Gasteiger partial charge in [-0.2, -0.15) is 0 Å². The van der Waals surface area contributed by atoms with Crippen molar-refractivity contribution in [2.75, 3.05) is 20.2 Å². The van der Waals surface area contributed by atoms with Gasteiger partial charge in [-0.15, -0.1) is 0 Å². The van der Waals surface area contributed by atoms with Gasteiger partial charge in [0.1, 0.15) is 5.75 Å². The standard InChI is InChI=1S/C33H30Cl2N2O5/c1-42-30-13-7-2-8-23(30)21-36-32(40)27-11-5-3-9-25(27)26-10-4-6-12-28(26)33(41)37(19-17-31(38)39)18-16-22-14-15-24(34)20-29(22)35/h2-15,20H,16-19,21H2,1H3,(H,36,40)(H,38,39). The van der Waals surface area contributed by atoms with Crippen LogP contribution in [0.5, 0.6) is 5.75 Å². The third-order valence-corrected chi connectivity index (χ3v) is 7.39. The summed E-state index contributed by atoms with van der Waals surface area (Å²) in [5.74, 6) is -0.994. The number of methoxy groups -OCH3 is 1. The Morgan fingerprint density at radius 2 is 1.45 bits per heavy atom. The summed E-state index contributed by atoms with van der Waals surface area (Å²) in [5.41, 5.74) is 3.52. The highest BCUT2D eigenvalue weighted by Gasteiger charge is 2.23. The highest BCUT2D eigenvalue weighted by molar-refractivity contribution is 6.35. The topological polar surface area (TPSA) is 95.9 Å². The van der Waals surface area contributed by atoms with Crippen LogP contribution in [0.2, 0.25) is 10.0 Å². The number of amides is 2. The van der Waals surface area contributed by atoms with Crippen LogP contribution in [0.1, 0.15) is 38.3 Å². The Balaban J connectivity index is 1.61. The predicted molar refractivity (Wildman–Crippen MR) is 164 cm³/mol. The van der Waals surface area contributed by atoms with E-state index in [2.05, 4.69) is 5.32 Å². The van der Waals surface area contributed by atoms with Crippen molar-refractivity contribution in [1.82, 2.24) is 10.2 Å². The first kappa shape index (κ1) is 30.6. The lowest BCUT2D eigenvalue weighted by Crippen LogP contribution is -2.35. The van der Waals surface area contributed by atoms with E-state index in [0.29, 0.717) is 44.5 Å². The molecular formula is C33H30Cl2N2O5. The second-order valence-electron chi connectivity index (χ2n) is 9.51. The van der Waals surface area contributed by atoms with Crippen molar-refractivity contribution < 1.29 is 24.2 Å². The number of carbonyl (C=O) groups is 3. The number of hydrogen-bond donors (Lipinski definition) is 2. The van der Waals surface area contributed by atoms with Crippen molar-refractivity contribution in [3.8, 4) is 16.9 Å². The summed E-state index contributed by atoms with van der Waals surface area (Å²) < 4.78 is 5.39. The second-order valence-corrected chi connectivity index (χ2v) is 10.4. The van der Waals surface area contributed by atoms with Crippen molar-refractivity contribution in [3.05, 3.63) is 123 Å². The van der Waals surface area contributed by atoms with E-state index in [4.69, 9.17) is 27.9 Å². The summed E-state index contributed by atoms with van der Waals surface area (Å²) in [6.45, 7) is 0.506. The van der Waals surface area contributed by atoms with E-state index in [1.54, 1.807) is 73.8 Å². The molecule has 0 unspecified atom stereocenters. The fraction of sp³-hybridized carbons (Fsp3) is 0.182. The van der Waals surface area contributed by atoms with E-state index < -0.39 is 5.97 Å². The summed E-state index contributed by atoms with van der Waals surface area (Å²) in [7, 11) is 1.58. The SMILES string of the molecule is COc1ccccc1CNC(=O)c1ccccc1-c1ccccc1C(=O)N(CCC(=O)O)CCc1ccc(Cl)cc1Cl. The van der Waals surface area contributed by atoms with Crippen LogP contribution in [-0.4, -0.2) is 48.0 Å². The first-order chi connectivity index (χ1) is 20.3. The molecule has 0 spiro atoms. The smallest absolute Gasteiger partial charge is 0.305 e. The third-order valence-electron chi connectivity index (χ3n) is 6.80. The number of rotatable bonds is 12. The van der Waals surface area contributed by atoms with E-state index in [1.165, 1.54) is 4.90 Å². The van der Waals surface area contributed by atoms with Crippen LogP contribution in [0, 0.1) is 0 Å². The lowest BCUT2D eigenvalue weighted by Gasteiger charge is -2.24. The molecule has 4 rings (SSSR count). The molecule has 0 aromatic heterocycles. The number of carbonyl (C=O) groups excluding carboxylic acids is 2. The van der Waals surface area contributed by atoms with E-state index in [-0.39, 0.29) is 37.9 Å². The molecule has 0 aliphatic rings. The van der Waals surface area contributed by atoms with Crippen molar-refractivity contribution >= 4 is 41.0 Å². The van der Waals surface area contributed by atoms with Gasteiger partial charge in [0.2, 0.25) is 0 Å². The monoisotopic (exact) mass is 604 g/mol. The minimum Gasteiger partial charge on any atom is -0.496 e. The number of aliphatic carboxylic acids is 1. The number of nitrogens with one attached hydrogen (secondary N) is 1. The largest absolute Gasteiger partial charge is 0.496 e. The van der Waals surface area contributed by atoms with E-state index in [9.17, 15) is 19.5 Å². The third kappa shape index (κ3) is 7.69. The Morgan fingerprint density at radius 3 is 2.14 bits per heavy atom. The van der Waals surface area contributed by atoms with Crippen molar-refractivity contribution in [2.45, 2.75) is 19.4 Å². The fourth-order valence-electron chi connectivity index (χ4n) is 4.64. The number of carboxylic acid groups (broad SMARTS) is 1. The Labute approximate surface area is 254 Å². The zero-order valence-corrected chi connectivity index (χ0v) is 24.5. The van der Waals surface area contributed by atoms with Gasteiger partial charge in [-0.05, 0) is 53.4 Å². The molecule has 0 radical (unpaired) electrons. The quantitative estimate of drug-likeness (QED) is 0.186. The first-order valence-corrected chi connectivity index (χ1v) is 14.1. The van der Waals surface area contributed by atoms with Crippen LogP contribution in [0.4, 0.5) is 0 Å². The molecule has 0 aliphatic heterocycles. The summed E-state index contributed by atoms with van der Waals surface area (Å²) in [6, 6.07) is 26.6.